The maximum absolute atomic E-state index is 13.3. The Morgan fingerprint density at radius 1 is 1.10 bits per heavy atom. The summed E-state index contributed by atoms with van der Waals surface area (Å²) in [6.07, 6.45) is 0. The third kappa shape index (κ3) is 2.59. The molecule has 0 radical (unpaired) electrons. The molecule has 1 aromatic carbocycles. The molecule has 0 unspecified atom stereocenters. The van der Waals surface area contributed by atoms with Crippen LogP contribution in [0.15, 0.2) is 33.9 Å². The number of halogens is 1. The number of carbonyl (C=O) groups is 1. The van der Waals surface area contributed by atoms with E-state index in [1.807, 2.05) is 30.5 Å². The molecular weight excluding hydrogens is 394 g/mol. The van der Waals surface area contributed by atoms with Crippen LogP contribution in [0.1, 0.15) is 31.3 Å². The van der Waals surface area contributed by atoms with E-state index in [0.717, 1.165) is 21.6 Å². The molecule has 3 heterocycles. The second kappa shape index (κ2) is 6.45. The average Bonchev–Trinajstić information content (AvgIpc) is 3.17. The summed E-state index contributed by atoms with van der Waals surface area (Å²) in [6.45, 7) is 6.73. The van der Waals surface area contributed by atoms with Crippen LogP contribution in [0.25, 0.3) is 22.6 Å². The SMILES string of the molecule is CC(=O)[C@@H](C)n1c(=O)c2c(nc3n(-c4ccc(Cl)cc4)c(C)c(C)n23)n(C)c1=O. The first kappa shape index (κ1) is 19.2. The summed E-state index contributed by atoms with van der Waals surface area (Å²) < 4.78 is 5.95. The predicted octanol–water partition coefficient (Wildman–Crippen LogP) is 2.56. The lowest BCUT2D eigenvalue weighted by atomic mass is 10.2. The molecule has 150 valence electrons. The summed E-state index contributed by atoms with van der Waals surface area (Å²) in [6, 6.07) is 6.42. The van der Waals surface area contributed by atoms with E-state index in [2.05, 4.69) is 4.98 Å². The quantitative estimate of drug-likeness (QED) is 0.516. The molecule has 0 saturated heterocycles. The molecule has 3 aromatic heterocycles. The number of nitrogens with zero attached hydrogens (tertiary/aromatic N) is 5. The monoisotopic (exact) mass is 413 g/mol. The third-order valence-electron chi connectivity index (χ3n) is 5.53. The number of aryl methyl sites for hydroxylation is 2. The van der Waals surface area contributed by atoms with Crippen molar-refractivity contribution in [3.63, 3.8) is 0 Å². The van der Waals surface area contributed by atoms with E-state index in [-0.39, 0.29) is 16.9 Å². The number of hydrogen-bond donors (Lipinski definition) is 0. The Morgan fingerprint density at radius 3 is 2.31 bits per heavy atom. The zero-order chi connectivity index (χ0) is 21.2. The highest BCUT2D eigenvalue weighted by atomic mass is 35.5. The summed E-state index contributed by atoms with van der Waals surface area (Å²) in [5.74, 6) is 0.244. The van der Waals surface area contributed by atoms with Crippen LogP contribution in [-0.4, -0.2) is 28.9 Å². The Balaban J connectivity index is 2.19. The molecule has 0 spiro atoms. The van der Waals surface area contributed by atoms with E-state index in [1.54, 1.807) is 30.5 Å². The van der Waals surface area contributed by atoms with Crippen molar-refractivity contribution in [3.05, 3.63) is 61.5 Å². The minimum Gasteiger partial charge on any atom is -0.298 e. The molecule has 0 fully saturated rings. The van der Waals surface area contributed by atoms with Crippen LogP contribution in [0.4, 0.5) is 0 Å². The number of benzene rings is 1. The Morgan fingerprint density at radius 2 is 1.72 bits per heavy atom. The van der Waals surface area contributed by atoms with Gasteiger partial charge in [-0.2, -0.15) is 4.98 Å². The number of aromatic nitrogens is 5. The van der Waals surface area contributed by atoms with Gasteiger partial charge in [0, 0.05) is 29.1 Å². The van der Waals surface area contributed by atoms with Crippen molar-refractivity contribution in [1.29, 1.82) is 0 Å². The normalized spacial score (nSPS) is 12.8. The smallest absolute Gasteiger partial charge is 0.298 e. The van der Waals surface area contributed by atoms with Gasteiger partial charge in [0.25, 0.3) is 5.56 Å². The van der Waals surface area contributed by atoms with Gasteiger partial charge in [-0.3, -0.25) is 23.1 Å². The van der Waals surface area contributed by atoms with Crippen LogP contribution in [0.2, 0.25) is 5.02 Å². The van der Waals surface area contributed by atoms with Gasteiger partial charge < -0.3 is 0 Å². The van der Waals surface area contributed by atoms with E-state index in [1.165, 1.54) is 11.5 Å². The van der Waals surface area contributed by atoms with E-state index in [0.29, 0.717) is 10.8 Å². The molecule has 0 N–H and O–H groups in total. The number of carbonyl (C=O) groups excluding carboxylic acids is 1. The van der Waals surface area contributed by atoms with E-state index < -0.39 is 17.3 Å². The molecule has 9 heteroatoms. The van der Waals surface area contributed by atoms with Crippen molar-refractivity contribution in [2.45, 2.75) is 33.7 Å². The number of rotatable bonds is 3. The van der Waals surface area contributed by atoms with Gasteiger partial charge in [0.1, 0.15) is 0 Å². The van der Waals surface area contributed by atoms with E-state index >= 15 is 0 Å². The first-order chi connectivity index (χ1) is 13.6. The molecule has 8 nitrogen and oxygen atoms in total. The van der Waals surface area contributed by atoms with Crippen molar-refractivity contribution in [2.75, 3.05) is 0 Å². The second-order valence-electron chi connectivity index (χ2n) is 7.21. The maximum Gasteiger partial charge on any atom is 0.333 e. The molecule has 0 aliphatic carbocycles. The zero-order valence-corrected chi connectivity index (χ0v) is 17.5. The molecule has 0 aliphatic heterocycles. The third-order valence-corrected chi connectivity index (χ3v) is 5.78. The van der Waals surface area contributed by atoms with Crippen molar-refractivity contribution in [3.8, 4) is 5.69 Å². The van der Waals surface area contributed by atoms with E-state index in [9.17, 15) is 14.4 Å². The van der Waals surface area contributed by atoms with Crippen LogP contribution < -0.4 is 11.2 Å². The Bertz CT molecular complexity index is 1420. The van der Waals surface area contributed by atoms with Crippen molar-refractivity contribution >= 4 is 34.3 Å². The van der Waals surface area contributed by atoms with Crippen molar-refractivity contribution < 1.29 is 4.79 Å². The van der Waals surface area contributed by atoms with Crippen molar-refractivity contribution in [2.24, 2.45) is 7.05 Å². The highest BCUT2D eigenvalue weighted by Crippen LogP contribution is 2.25. The molecule has 0 saturated carbocycles. The Kier molecular flexibility index (Phi) is 4.27. The lowest BCUT2D eigenvalue weighted by molar-refractivity contribution is -0.119. The Hall–Kier alpha value is -3.13. The van der Waals surface area contributed by atoms with Crippen LogP contribution in [-0.2, 0) is 11.8 Å². The second-order valence-corrected chi connectivity index (χ2v) is 7.64. The molecular formula is C20H20ClN5O3. The molecule has 1 atom stereocenters. The fourth-order valence-electron chi connectivity index (χ4n) is 3.64. The summed E-state index contributed by atoms with van der Waals surface area (Å²) in [7, 11) is 1.55. The first-order valence-electron chi connectivity index (χ1n) is 9.13. The summed E-state index contributed by atoms with van der Waals surface area (Å²) in [4.78, 5) is 42.6. The molecule has 4 aromatic rings. The average molecular weight is 414 g/mol. The predicted molar refractivity (Wildman–Crippen MR) is 111 cm³/mol. The van der Waals surface area contributed by atoms with Gasteiger partial charge in [0.15, 0.2) is 16.9 Å². The molecule has 0 amide bonds. The van der Waals surface area contributed by atoms with Gasteiger partial charge in [-0.1, -0.05) is 11.6 Å². The summed E-state index contributed by atoms with van der Waals surface area (Å²) in [5.41, 5.74) is 1.98. The fourth-order valence-corrected chi connectivity index (χ4v) is 3.77. The minimum absolute atomic E-state index is 0.267. The van der Waals surface area contributed by atoms with Gasteiger partial charge >= 0.3 is 5.69 Å². The Labute approximate surface area is 170 Å². The van der Waals surface area contributed by atoms with E-state index in [4.69, 9.17) is 11.6 Å². The van der Waals surface area contributed by atoms with Gasteiger partial charge in [-0.25, -0.2) is 9.36 Å². The van der Waals surface area contributed by atoms with Gasteiger partial charge in [-0.15, -0.1) is 0 Å². The number of Topliss-reactive ketones (excluding diaryl/α,β-unsaturated/α-hetero) is 1. The van der Waals surface area contributed by atoms with Crippen LogP contribution in [0.5, 0.6) is 0 Å². The highest BCUT2D eigenvalue weighted by Gasteiger charge is 2.25. The van der Waals surface area contributed by atoms with Crippen LogP contribution >= 0.6 is 11.6 Å². The fraction of sp³-hybridized carbons (Fsp3) is 0.300. The first-order valence-corrected chi connectivity index (χ1v) is 9.51. The zero-order valence-electron chi connectivity index (χ0n) is 16.7. The number of fused-ring (bicyclic) bond motifs is 3. The highest BCUT2D eigenvalue weighted by molar-refractivity contribution is 6.30. The topological polar surface area (TPSA) is 83.3 Å². The van der Waals surface area contributed by atoms with Gasteiger partial charge in [0.2, 0.25) is 5.78 Å². The van der Waals surface area contributed by atoms with Crippen LogP contribution in [0, 0.1) is 13.8 Å². The van der Waals surface area contributed by atoms with Gasteiger partial charge in [-0.05, 0) is 52.0 Å². The summed E-state index contributed by atoms with van der Waals surface area (Å²) in [5, 5.41) is 0.614. The standard InChI is InChI=1S/C20H20ClN5O3/c1-10-11(2)25-16-17(22-19(25)24(10)15-8-6-14(21)7-9-15)23(5)20(29)26(18(16)28)12(3)13(4)27/h6-9,12H,1-5H3/t12-/m1/s1. The molecule has 4 rings (SSSR count). The lowest BCUT2D eigenvalue weighted by Crippen LogP contribution is -2.42. The van der Waals surface area contributed by atoms with Gasteiger partial charge in [0.05, 0.1) is 6.04 Å². The largest absolute Gasteiger partial charge is 0.333 e. The summed E-state index contributed by atoms with van der Waals surface area (Å²) >= 11 is 6.02. The van der Waals surface area contributed by atoms with Crippen molar-refractivity contribution in [1.82, 2.24) is 23.1 Å². The molecule has 0 aliphatic rings. The van der Waals surface area contributed by atoms with Crippen LogP contribution in [0.3, 0.4) is 0 Å². The number of ketones is 1. The molecule has 29 heavy (non-hydrogen) atoms. The number of imidazole rings is 2. The number of hydrogen-bond acceptors (Lipinski definition) is 4. The minimum atomic E-state index is -0.865. The molecule has 0 bridgehead atoms. The maximum atomic E-state index is 13.3. The lowest BCUT2D eigenvalue weighted by Gasteiger charge is -2.12.